The number of aliphatic hydroxyl groups is 1. The highest BCUT2D eigenvalue weighted by Crippen LogP contribution is 2.19. The summed E-state index contributed by atoms with van der Waals surface area (Å²) in [7, 11) is 1.54. The average molecular weight is 210 g/mol. The minimum absolute atomic E-state index is 0.252. The third kappa shape index (κ3) is 3.59. The highest BCUT2D eigenvalue weighted by molar-refractivity contribution is 5.67. The minimum atomic E-state index is -1.00. The van der Waals surface area contributed by atoms with Crippen molar-refractivity contribution < 1.29 is 19.7 Å². The summed E-state index contributed by atoms with van der Waals surface area (Å²) in [6, 6.07) is 7.24. The van der Waals surface area contributed by atoms with Crippen molar-refractivity contribution in [3.8, 4) is 5.75 Å². The van der Waals surface area contributed by atoms with E-state index in [-0.39, 0.29) is 12.8 Å². The Morgan fingerprint density at radius 1 is 1.47 bits per heavy atom. The average Bonchev–Trinajstić information content (AvgIpc) is 2.17. The van der Waals surface area contributed by atoms with Gasteiger partial charge >= 0.3 is 5.97 Å². The molecule has 4 heteroatoms. The van der Waals surface area contributed by atoms with Crippen molar-refractivity contribution in [2.75, 3.05) is 7.11 Å². The van der Waals surface area contributed by atoms with Gasteiger partial charge in [0.2, 0.25) is 0 Å². The molecular formula is C11H14O4. The summed E-state index contributed by atoms with van der Waals surface area (Å²) in [4.78, 5) is 10.4. The Bertz CT molecular complexity index is 335. The zero-order chi connectivity index (χ0) is 11.3. The Morgan fingerprint density at radius 3 is 2.73 bits per heavy atom. The standard InChI is InChI=1S/C11H14O4/c1-15-10-5-3-2-4-8(10)6-9(12)7-11(13)14/h2-5,9,12H,6-7H2,1H3,(H,13,14). The molecule has 0 aliphatic rings. The smallest absolute Gasteiger partial charge is 0.305 e. The lowest BCUT2D eigenvalue weighted by atomic mass is 10.0. The number of benzene rings is 1. The van der Waals surface area contributed by atoms with Gasteiger partial charge in [0.15, 0.2) is 0 Å². The van der Waals surface area contributed by atoms with Gasteiger partial charge < -0.3 is 14.9 Å². The van der Waals surface area contributed by atoms with Crippen molar-refractivity contribution in [1.29, 1.82) is 0 Å². The van der Waals surface area contributed by atoms with E-state index in [4.69, 9.17) is 9.84 Å². The first-order valence-electron chi connectivity index (χ1n) is 4.65. The van der Waals surface area contributed by atoms with Crippen LogP contribution in [0.1, 0.15) is 12.0 Å². The zero-order valence-corrected chi connectivity index (χ0v) is 8.51. The number of hydrogen-bond acceptors (Lipinski definition) is 3. The van der Waals surface area contributed by atoms with Crippen LogP contribution in [0.5, 0.6) is 5.75 Å². The molecule has 2 N–H and O–H groups in total. The number of hydrogen-bond donors (Lipinski definition) is 2. The lowest BCUT2D eigenvalue weighted by Gasteiger charge is -2.11. The summed E-state index contributed by atoms with van der Waals surface area (Å²) in [5, 5.41) is 18.0. The van der Waals surface area contributed by atoms with Crippen molar-refractivity contribution in [2.24, 2.45) is 0 Å². The predicted molar refractivity (Wildman–Crippen MR) is 55.0 cm³/mol. The molecular weight excluding hydrogens is 196 g/mol. The fraction of sp³-hybridized carbons (Fsp3) is 0.364. The molecule has 1 atom stereocenters. The van der Waals surface area contributed by atoms with Crippen LogP contribution >= 0.6 is 0 Å². The number of carboxylic acid groups (broad SMARTS) is 1. The molecule has 4 nitrogen and oxygen atoms in total. The second-order valence-electron chi connectivity index (χ2n) is 3.27. The van der Waals surface area contributed by atoms with E-state index in [1.807, 2.05) is 18.2 Å². The Hall–Kier alpha value is -1.55. The lowest BCUT2D eigenvalue weighted by molar-refractivity contribution is -0.139. The van der Waals surface area contributed by atoms with Gasteiger partial charge in [0.1, 0.15) is 5.75 Å². The van der Waals surface area contributed by atoms with Crippen LogP contribution in [-0.4, -0.2) is 29.4 Å². The number of ether oxygens (including phenoxy) is 1. The highest BCUT2D eigenvalue weighted by atomic mass is 16.5. The van der Waals surface area contributed by atoms with Gasteiger partial charge in [0, 0.05) is 6.42 Å². The summed E-state index contributed by atoms with van der Waals surface area (Å²) in [6.07, 6.45) is -0.840. The molecule has 15 heavy (non-hydrogen) atoms. The highest BCUT2D eigenvalue weighted by Gasteiger charge is 2.12. The molecule has 0 heterocycles. The van der Waals surface area contributed by atoms with Crippen LogP contribution in [0.4, 0.5) is 0 Å². The van der Waals surface area contributed by atoms with E-state index in [1.54, 1.807) is 13.2 Å². The van der Waals surface area contributed by atoms with E-state index >= 15 is 0 Å². The molecule has 0 bridgehead atoms. The molecule has 0 amide bonds. The van der Waals surface area contributed by atoms with E-state index in [9.17, 15) is 9.90 Å². The first-order valence-corrected chi connectivity index (χ1v) is 4.65. The molecule has 1 aromatic carbocycles. The van der Waals surface area contributed by atoms with E-state index in [1.165, 1.54) is 0 Å². The van der Waals surface area contributed by atoms with Crippen molar-refractivity contribution in [2.45, 2.75) is 18.9 Å². The van der Waals surface area contributed by atoms with Crippen LogP contribution in [0.3, 0.4) is 0 Å². The third-order valence-electron chi connectivity index (χ3n) is 2.06. The van der Waals surface area contributed by atoms with Crippen LogP contribution < -0.4 is 4.74 Å². The van der Waals surface area contributed by atoms with Crippen LogP contribution in [-0.2, 0) is 11.2 Å². The number of carboxylic acids is 1. The summed E-state index contributed by atoms with van der Waals surface area (Å²) in [5.74, 6) is -0.334. The molecule has 1 unspecified atom stereocenters. The minimum Gasteiger partial charge on any atom is -0.496 e. The molecule has 82 valence electrons. The van der Waals surface area contributed by atoms with Gasteiger partial charge in [-0.15, -0.1) is 0 Å². The number of rotatable bonds is 5. The van der Waals surface area contributed by atoms with Gasteiger partial charge in [-0.3, -0.25) is 4.79 Å². The summed E-state index contributed by atoms with van der Waals surface area (Å²) < 4.78 is 5.09. The first-order chi connectivity index (χ1) is 7.13. The van der Waals surface area contributed by atoms with Gasteiger partial charge in [-0.1, -0.05) is 18.2 Å². The Morgan fingerprint density at radius 2 is 2.13 bits per heavy atom. The maximum Gasteiger partial charge on any atom is 0.305 e. The van der Waals surface area contributed by atoms with E-state index < -0.39 is 12.1 Å². The normalized spacial score (nSPS) is 12.1. The van der Waals surface area contributed by atoms with Gasteiger partial charge in [-0.25, -0.2) is 0 Å². The number of aliphatic hydroxyl groups excluding tert-OH is 1. The number of methoxy groups -OCH3 is 1. The van der Waals surface area contributed by atoms with Crippen molar-refractivity contribution in [3.63, 3.8) is 0 Å². The summed E-state index contributed by atoms with van der Waals surface area (Å²) in [6.45, 7) is 0. The Balaban J connectivity index is 2.67. The van der Waals surface area contributed by atoms with E-state index in [0.717, 1.165) is 5.56 Å². The topological polar surface area (TPSA) is 66.8 Å². The number of aliphatic carboxylic acids is 1. The number of carbonyl (C=O) groups is 1. The molecule has 0 saturated heterocycles. The molecule has 0 aromatic heterocycles. The van der Waals surface area contributed by atoms with Gasteiger partial charge in [0.25, 0.3) is 0 Å². The Labute approximate surface area is 88.1 Å². The van der Waals surface area contributed by atoms with Crippen LogP contribution in [0.25, 0.3) is 0 Å². The summed E-state index contributed by atoms with van der Waals surface area (Å²) >= 11 is 0. The third-order valence-corrected chi connectivity index (χ3v) is 2.06. The van der Waals surface area contributed by atoms with Crippen LogP contribution in [0, 0.1) is 0 Å². The summed E-state index contributed by atoms with van der Waals surface area (Å²) in [5.41, 5.74) is 0.814. The molecule has 0 saturated carbocycles. The van der Waals surface area contributed by atoms with E-state index in [0.29, 0.717) is 5.75 Å². The fourth-order valence-corrected chi connectivity index (χ4v) is 1.40. The Kier molecular flexibility index (Phi) is 4.12. The van der Waals surface area contributed by atoms with Crippen molar-refractivity contribution in [3.05, 3.63) is 29.8 Å². The quantitative estimate of drug-likeness (QED) is 0.763. The fourth-order valence-electron chi connectivity index (χ4n) is 1.40. The van der Waals surface area contributed by atoms with Crippen molar-refractivity contribution >= 4 is 5.97 Å². The molecule has 0 spiro atoms. The number of para-hydroxylation sites is 1. The largest absolute Gasteiger partial charge is 0.496 e. The maximum atomic E-state index is 10.4. The molecule has 0 radical (unpaired) electrons. The van der Waals surface area contributed by atoms with Crippen LogP contribution in [0.15, 0.2) is 24.3 Å². The maximum absolute atomic E-state index is 10.4. The zero-order valence-electron chi connectivity index (χ0n) is 8.51. The SMILES string of the molecule is COc1ccccc1CC(O)CC(=O)O. The second kappa shape index (κ2) is 5.36. The molecule has 1 aromatic rings. The van der Waals surface area contributed by atoms with Gasteiger partial charge in [0.05, 0.1) is 19.6 Å². The lowest BCUT2D eigenvalue weighted by Crippen LogP contribution is -2.16. The molecule has 0 aliphatic carbocycles. The van der Waals surface area contributed by atoms with Crippen molar-refractivity contribution in [1.82, 2.24) is 0 Å². The first kappa shape index (κ1) is 11.5. The second-order valence-corrected chi connectivity index (χ2v) is 3.27. The predicted octanol–water partition coefficient (Wildman–Crippen LogP) is 1.07. The monoisotopic (exact) mass is 210 g/mol. The molecule has 0 aliphatic heterocycles. The molecule has 0 fully saturated rings. The van der Waals surface area contributed by atoms with Crippen LogP contribution in [0.2, 0.25) is 0 Å². The van der Waals surface area contributed by atoms with Gasteiger partial charge in [-0.2, -0.15) is 0 Å². The van der Waals surface area contributed by atoms with E-state index in [2.05, 4.69) is 0 Å². The van der Waals surface area contributed by atoms with Gasteiger partial charge in [-0.05, 0) is 11.6 Å². The molecule has 1 rings (SSSR count).